The zero-order valence-corrected chi connectivity index (χ0v) is 6.47. The third-order valence-corrected chi connectivity index (χ3v) is 2.34. The third kappa shape index (κ3) is 1.57. The van der Waals surface area contributed by atoms with Crippen molar-refractivity contribution in [3.8, 4) is 0 Å². The highest BCUT2D eigenvalue weighted by Crippen LogP contribution is 2.23. The molecule has 0 saturated heterocycles. The second kappa shape index (κ2) is 3.15. The Morgan fingerprint density at radius 1 is 1.40 bits per heavy atom. The van der Waals surface area contributed by atoms with Gasteiger partial charge in [-0.1, -0.05) is 12.8 Å². The van der Waals surface area contributed by atoms with Crippen molar-refractivity contribution in [3.63, 3.8) is 0 Å². The lowest BCUT2D eigenvalue weighted by Gasteiger charge is -2.25. The molecule has 0 amide bonds. The summed E-state index contributed by atoms with van der Waals surface area (Å²) < 4.78 is 0. The van der Waals surface area contributed by atoms with E-state index in [-0.39, 0.29) is 17.7 Å². The molecule has 1 rings (SSSR count). The number of hydrogen-bond donors (Lipinski definition) is 1. The molecule has 0 heterocycles. The fourth-order valence-electron chi connectivity index (χ4n) is 1.66. The molecule has 2 N–H and O–H groups in total. The Bertz CT molecular complexity index is 133. The van der Waals surface area contributed by atoms with Crippen LogP contribution in [0.4, 0.5) is 0 Å². The van der Waals surface area contributed by atoms with Crippen LogP contribution in [0.1, 0.15) is 32.6 Å². The monoisotopic (exact) mass is 141 g/mol. The number of carbonyl (C=O) groups excluding carboxylic acids is 1. The zero-order chi connectivity index (χ0) is 7.56. The van der Waals surface area contributed by atoms with Gasteiger partial charge in [0.1, 0.15) is 5.78 Å². The van der Waals surface area contributed by atoms with Crippen LogP contribution in [-0.2, 0) is 4.79 Å². The average molecular weight is 141 g/mol. The molecule has 1 saturated carbocycles. The van der Waals surface area contributed by atoms with Crippen molar-refractivity contribution in [2.24, 2.45) is 11.7 Å². The number of Topliss-reactive ketones (excluding diaryl/α,β-unsaturated/α-hetero) is 1. The highest BCUT2D eigenvalue weighted by molar-refractivity contribution is 5.79. The molecule has 1 aliphatic carbocycles. The number of ketones is 1. The van der Waals surface area contributed by atoms with Crippen molar-refractivity contribution in [3.05, 3.63) is 0 Å². The van der Waals surface area contributed by atoms with Gasteiger partial charge in [-0.3, -0.25) is 4.79 Å². The van der Waals surface area contributed by atoms with E-state index in [2.05, 4.69) is 0 Å². The topological polar surface area (TPSA) is 43.1 Å². The molecule has 2 atom stereocenters. The van der Waals surface area contributed by atoms with Crippen LogP contribution in [0.3, 0.4) is 0 Å². The van der Waals surface area contributed by atoms with Crippen molar-refractivity contribution in [2.75, 3.05) is 0 Å². The summed E-state index contributed by atoms with van der Waals surface area (Å²) in [6.45, 7) is 1.65. The van der Waals surface area contributed by atoms with Gasteiger partial charge < -0.3 is 5.73 Å². The molecule has 2 nitrogen and oxygen atoms in total. The lowest BCUT2D eigenvalue weighted by molar-refractivity contribution is -0.122. The first-order valence-corrected chi connectivity index (χ1v) is 3.98. The number of hydrogen-bond acceptors (Lipinski definition) is 2. The summed E-state index contributed by atoms with van der Waals surface area (Å²) in [7, 11) is 0. The lowest BCUT2D eigenvalue weighted by atomic mass is 9.83. The van der Waals surface area contributed by atoms with Gasteiger partial charge in [-0.25, -0.2) is 0 Å². The minimum atomic E-state index is 0.145. The Balaban J connectivity index is 2.47. The van der Waals surface area contributed by atoms with Crippen molar-refractivity contribution in [1.29, 1.82) is 0 Å². The minimum Gasteiger partial charge on any atom is -0.327 e. The van der Waals surface area contributed by atoms with E-state index >= 15 is 0 Å². The maximum absolute atomic E-state index is 10.9. The molecule has 1 fully saturated rings. The second-order valence-corrected chi connectivity index (χ2v) is 3.17. The average Bonchev–Trinajstić information content (AvgIpc) is 1.88. The summed E-state index contributed by atoms with van der Waals surface area (Å²) in [4.78, 5) is 10.9. The first-order chi connectivity index (χ1) is 4.72. The van der Waals surface area contributed by atoms with Crippen LogP contribution in [-0.4, -0.2) is 11.8 Å². The molecule has 0 bridgehead atoms. The normalized spacial score (nSPS) is 33.8. The Morgan fingerprint density at radius 3 is 2.40 bits per heavy atom. The molecule has 0 spiro atoms. The van der Waals surface area contributed by atoms with Gasteiger partial charge in [-0.15, -0.1) is 0 Å². The molecule has 2 heteroatoms. The third-order valence-electron chi connectivity index (χ3n) is 2.34. The van der Waals surface area contributed by atoms with Crippen molar-refractivity contribution >= 4 is 5.78 Å². The summed E-state index contributed by atoms with van der Waals surface area (Å²) in [5.74, 6) is 0.431. The molecule has 0 unspecified atom stereocenters. The number of carbonyl (C=O) groups is 1. The Morgan fingerprint density at radius 2 is 2.00 bits per heavy atom. The van der Waals surface area contributed by atoms with Gasteiger partial charge in [0.05, 0.1) is 0 Å². The summed E-state index contributed by atoms with van der Waals surface area (Å²) in [6, 6.07) is 0.145. The first kappa shape index (κ1) is 7.73. The highest BCUT2D eigenvalue weighted by atomic mass is 16.1. The van der Waals surface area contributed by atoms with Crippen molar-refractivity contribution in [1.82, 2.24) is 0 Å². The predicted octanol–water partition coefficient (Wildman–Crippen LogP) is 1.09. The van der Waals surface area contributed by atoms with Crippen LogP contribution in [0, 0.1) is 5.92 Å². The van der Waals surface area contributed by atoms with Crippen LogP contribution < -0.4 is 5.73 Å². The van der Waals surface area contributed by atoms with Crippen LogP contribution in [0.5, 0.6) is 0 Å². The van der Waals surface area contributed by atoms with Gasteiger partial charge in [0.15, 0.2) is 0 Å². The van der Waals surface area contributed by atoms with E-state index in [0.29, 0.717) is 0 Å². The number of rotatable bonds is 1. The van der Waals surface area contributed by atoms with E-state index in [0.717, 1.165) is 12.8 Å². The molecule has 10 heavy (non-hydrogen) atoms. The van der Waals surface area contributed by atoms with Crippen LogP contribution in [0.25, 0.3) is 0 Å². The van der Waals surface area contributed by atoms with Gasteiger partial charge in [0.25, 0.3) is 0 Å². The van der Waals surface area contributed by atoms with E-state index in [4.69, 9.17) is 5.73 Å². The van der Waals surface area contributed by atoms with E-state index in [1.54, 1.807) is 6.92 Å². The molecule has 0 aromatic carbocycles. The molecule has 58 valence electrons. The Kier molecular flexibility index (Phi) is 2.44. The van der Waals surface area contributed by atoms with E-state index in [9.17, 15) is 4.79 Å². The molecule has 0 aromatic heterocycles. The highest BCUT2D eigenvalue weighted by Gasteiger charge is 2.24. The SMILES string of the molecule is CC(=O)[C@@H]1CCCC[C@H]1N. The minimum absolute atomic E-state index is 0.145. The van der Waals surface area contributed by atoms with Crippen molar-refractivity contribution < 1.29 is 4.79 Å². The smallest absolute Gasteiger partial charge is 0.134 e. The lowest BCUT2D eigenvalue weighted by Crippen LogP contribution is -2.36. The molecule has 0 aromatic rings. The maximum Gasteiger partial charge on any atom is 0.134 e. The van der Waals surface area contributed by atoms with Gasteiger partial charge in [0.2, 0.25) is 0 Å². The molecular weight excluding hydrogens is 126 g/mol. The van der Waals surface area contributed by atoms with Gasteiger partial charge in [0, 0.05) is 12.0 Å². The molecule has 1 aliphatic rings. The first-order valence-electron chi connectivity index (χ1n) is 3.98. The van der Waals surface area contributed by atoms with E-state index in [1.807, 2.05) is 0 Å². The van der Waals surface area contributed by atoms with Crippen LogP contribution in [0.2, 0.25) is 0 Å². The zero-order valence-electron chi connectivity index (χ0n) is 6.47. The van der Waals surface area contributed by atoms with Gasteiger partial charge in [-0.05, 0) is 19.8 Å². The Labute approximate surface area is 61.8 Å². The fourth-order valence-corrected chi connectivity index (χ4v) is 1.66. The summed E-state index contributed by atoms with van der Waals surface area (Å²) in [5.41, 5.74) is 5.76. The summed E-state index contributed by atoms with van der Waals surface area (Å²) in [6.07, 6.45) is 4.42. The molecule has 0 radical (unpaired) electrons. The van der Waals surface area contributed by atoms with Crippen LogP contribution >= 0.6 is 0 Å². The predicted molar refractivity (Wildman–Crippen MR) is 40.6 cm³/mol. The largest absolute Gasteiger partial charge is 0.327 e. The van der Waals surface area contributed by atoms with Gasteiger partial charge >= 0.3 is 0 Å². The van der Waals surface area contributed by atoms with Crippen molar-refractivity contribution in [2.45, 2.75) is 38.6 Å². The standard InChI is InChI=1S/C8H15NO/c1-6(10)7-4-2-3-5-8(7)9/h7-8H,2-5,9H2,1H3/t7-,8+/m0/s1. The molecule has 0 aliphatic heterocycles. The van der Waals surface area contributed by atoms with Crippen LogP contribution in [0.15, 0.2) is 0 Å². The second-order valence-electron chi connectivity index (χ2n) is 3.17. The maximum atomic E-state index is 10.9. The Hall–Kier alpha value is -0.370. The quantitative estimate of drug-likeness (QED) is 0.594. The van der Waals surface area contributed by atoms with E-state index in [1.165, 1.54) is 12.8 Å². The van der Waals surface area contributed by atoms with Gasteiger partial charge in [-0.2, -0.15) is 0 Å². The molecular formula is C8H15NO. The summed E-state index contributed by atoms with van der Waals surface area (Å²) in [5, 5.41) is 0. The van der Waals surface area contributed by atoms with E-state index < -0.39 is 0 Å². The summed E-state index contributed by atoms with van der Waals surface area (Å²) >= 11 is 0. The fraction of sp³-hybridized carbons (Fsp3) is 0.875. The number of nitrogens with two attached hydrogens (primary N) is 1.